The van der Waals surface area contributed by atoms with Crippen LogP contribution in [0.5, 0.6) is 0 Å². The minimum atomic E-state index is -0.460. The molecule has 11 heavy (non-hydrogen) atoms. The summed E-state index contributed by atoms with van der Waals surface area (Å²) in [4.78, 5) is 10.8. The van der Waals surface area contributed by atoms with Crippen molar-refractivity contribution in [2.75, 3.05) is 0 Å². The lowest BCUT2D eigenvalue weighted by molar-refractivity contribution is -0.134. The summed E-state index contributed by atoms with van der Waals surface area (Å²) in [7, 11) is 0. The second kappa shape index (κ2) is 3.76. The highest BCUT2D eigenvalue weighted by atomic mass is 16.5. The number of hydrogen-bond donors (Lipinski definition) is 0. The molecular formula is C9H12O2. The van der Waals surface area contributed by atoms with E-state index in [1.807, 2.05) is 0 Å². The van der Waals surface area contributed by atoms with Crippen molar-refractivity contribution in [3.63, 3.8) is 0 Å². The van der Waals surface area contributed by atoms with Gasteiger partial charge in [0.15, 0.2) is 0 Å². The first-order chi connectivity index (χ1) is 4.95. The maximum Gasteiger partial charge on any atom is 0.338 e. The van der Waals surface area contributed by atoms with E-state index < -0.39 is 5.97 Å². The first-order valence-electron chi connectivity index (χ1n) is 3.17. The molecule has 0 bridgehead atoms. The first kappa shape index (κ1) is 9.69. The van der Waals surface area contributed by atoms with E-state index >= 15 is 0 Å². The van der Waals surface area contributed by atoms with Crippen LogP contribution in [0, 0.1) is 0 Å². The molecule has 0 fully saturated rings. The van der Waals surface area contributed by atoms with Crippen LogP contribution in [-0.2, 0) is 9.53 Å². The zero-order valence-electron chi connectivity index (χ0n) is 6.94. The molecule has 0 aliphatic carbocycles. The highest BCUT2D eigenvalue weighted by molar-refractivity contribution is 5.87. The van der Waals surface area contributed by atoms with Crippen LogP contribution in [0.25, 0.3) is 0 Å². The molecule has 0 aliphatic heterocycles. The lowest BCUT2D eigenvalue weighted by Gasteiger charge is -2.04. The predicted molar refractivity (Wildman–Crippen MR) is 44.9 cm³/mol. The van der Waals surface area contributed by atoms with Gasteiger partial charge in [-0.15, -0.1) is 0 Å². The highest BCUT2D eigenvalue weighted by Crippen LogP contribution is 2.07. The third-order valence-corrected chi connectivity index (χ3v) is 1.04. The Bertz CT molecular complexity index is 200. The van der Waals surface area contributed by atoms with E-state index in [-0.39, 0.29) is 5.76 Å². The summed E-state index contributed by atoms with van der Waals surface area (Å²) in [5.41, 5.74) is 0.993. The lowest BCUT2D eigenvalue weighted by Crippen LogP contribution is -2.04. The van der Waals surface area contributed by atoms with Gasteiger partial charge in [-0.3, -0.25) is 0 Å². The molecule has 0 heterocycles. The smallest absolute Gasteiger partial charge is 0.338 e. The van der Waals surface area contributed by atoms with Gasteiger partial charge in [-0.05, 0) is 19.4 Å². The van der Waals surface area contributed by atoms with Gasteiger partial charge in [-0.25, -0.2) is 4.79 Å². The topological polar surface area (TPSA) is 26.3 Å². The van der Waals surface area contributed by atoms with Crippen LogP contribution in [-0.4, -0.2) is 5.97 Å². The molecule has 0 rings (SSSR count). The van der Waals surface area contributed by atoms with Gasteiger partial charge in [0.05, 0.1) is 0 Å². The number of allylic oxidation sites excluding steroid dienone is 1. The van der Waals surface area contributed by atoms with E-state index in [4.69, 9.17) is 4.74 Å². The molecule has 0 aromatic heterocycles. The number of carbonyl (C=O) groups is 1. The van der Waals surface area contributed by atoms with Crippen molar-refractivity contribution in [3.8, 4) is 0 Å². The van der Waals surface area contributed by atoms with Crippen LogP contribution in [0.1, 0.15) is 13.8 Å². The molecule has 0 aliphatic rings. The number of carbonyl (C=O) groups excluding carboxylic acids is 1. The summed E-state index contributed by atoms with van der Waals surface area (Å²) < 4.78 is 4.74. The quantitative estimate of drug-likeness (QED) is 0.268. The summed E-state index contributed by atoms with van der Waals surface area (Å²) >= 11 is 0. The van der Waals surface area contributed by atoms with Gasteiger partial charge in [0.1, 0.15) is 5.76 Å². The molecule has 2 nitrogen and oxygen atoms in total. The van der Waals surface area contributed by atoms with Gasteiger partial charge in [-0.2, -0.15) is 0 Å². The molecule has 0 atom stereocenters. The molecule has 0 aromatic carbocycles. The van der Waals surface area contributed by atoms with Crippen molar-refractivity contribution in [1.82, 2.24) is 0 Å². The monoisotopic (exact) mass is 152 g/mol. The van der Waals surface area contributed by atoms with E-state index in [0.717, 1.165) is 0 Å². The average Bonchev–Trinajstić information content (AvgIpc) is 1.87. The molecule has 0 saturated carbocycles. The van der Waals surface area contributed by atoms with Crippen LogP contribution >= 0.6 is 0 Å². The molecule has 0 amide bonds. The number of ether oxygens (including phenoxy) is 1. The van der Waals surface area contributed by atoms with E-state index in [2.05, 4.69) is 19.7 Å². The Hall–Kier alpha value is -1.31. The molecule has 2 heteroatoms. The standard InChI is InChI=1S/C9H12O2/c1-6(2)8(5)11-9(10)7(3)4/h1,3,5H2,2,4H3. The molecule has 0 spiro atoms. The zero-order chi connectivity index (χ0) is 9.02. The van der Waals surface area contributed by atoms with Crippen LogP contribution in [0.2, 0.25) is 0 Å². The van der Waals surface area contributed by atoms with Crippen molar-refractivity contribution >= 4 is 5.97 Å². The first-order valence-corrected chi connectivity index (χ1v) is 3.17. The van der Waals surface area contributed by atoms with Gasteiger partial charge in [-0.1, -0.05) is 19.7 Å². The Labute approximate surface area is 66.9 Å². The molecular weight excluding hydrogens is 140 g/mol. The lowest BCUT2D eigenvalue weighted by atomic mass is 10.3. The number of esters is 1. The maximum absolute atomic E-state index is 10.8. The maximum atomic E-state index is 10.8. The summed E-state index contributed by atoms with van der Waals surface area (Å²) in [6, 6.07) is 0. The zero-order valence-corrected chi connectivity index (χ0v) is 6.94. The predicted octanol–water partition coefficient (Wildman–Crippen LogP) is 2.20. The minimum absolute atomic E-state index is 0.290. The van der Waals surface area contributed by atoms with E-state index in [1.54, 1.807) is 13.8 Å². The van der Waals surface area contributed by atoms with Crippen molar-refractivity contribution in [2.24, 2.45) is 0 Å². The van der Waals surface area contributed by atoms with Crippen molar-refractivity contribution in [1.29, 1.82) is 0 Å². The van der Waals surface area contributed by atoms with Crippen LogP contribution < -0.4 is 0 Å². The third kappa shape index (κ3) is 3.40. The minimum Gasteiger partial charge on any atom is -0.424 e. The van der Waals surface area contributed by atoms with E-state index in [9.17, 15) is 4.79 Å². The summed E-state index contributed by atoms with van der Waals surface area (Å²) in [6.07, 6.45) is 0. The van der Waals surface area contributed by atoms with Crippen LogP contribution in [0.4, 0.5) is 0 Å². The third-order valence-electron chi connectivity index (χ3n) is 1.04. The second-order valence-corrected chi connectivity index (χ2v) is 2.37. The van der Waals surface area contributed by atoms with Crippen LogP contribution in [0.15, 0.2) is 36.6 Å². The molecule has 0 saturated heterocycles. The molecule has 0 aromatic rings. The molecule has 0 radical (unpaired) electrons. The number of hydrogen-bond acceptors (Lipinski definition) is 2. The molecule has 0 unspecified atom stereocenters. The Morgan fingerprint density at radius 1 is 1.09 bits per heavy atom. The fraction of sp³-hybridized carbons (Fsp3) is 0.222. The van der Waals surface area contributed by atoms with E-state index in [1.165, 1.54) is 0 Å². The van der Waals surface area contributed by atoms with Crippen molar-refractivity contribution in [2.45, 2.75) is 13.8 Å². The van der Waals surface area contributed by atoms with Gasteiger partial charge in [0.25, 0.3) is 0 Å². The molecule has 60 valence electrons. The SMILES string of the molecule is C=C(C)C(=C)OC(=O)C(=C)C. The van der Waals surface area contributed by atoms with Crippen molar-refractivity contribution in [3.05, 3.63) is 36.6 Å². The summed E-state index contributed by atoms with van der Waals surface area (Å²) in [5, 5.41) is 0. The average molecular weight is 152 g/mol. The van der Waals surface area contributed by atoms with Crippen molar-refractivity contribution < 1.29 is 9.53 Å². The highest BCUT2D eigenvalue weighted by Gasteiger charge is 2.05. The van der Waals surface area contributed by atoms with Crippen LogP contribution in [0.3, 0.4) is 0 Å². The second-order valence-electron chi connectivity index (χ2n) is 2.37. The van der Waals surface area contributed by atoms with Gasteiger partial charge >= 0.3 is 5.97 Å². The Balaban J connectivity index is 4.07. The van der Waals surface area contributed by atoms with Gasteiger partial charge in [0, 0.05) is 5.57 Å². The summed E-state index contributed by atoms with van der Waals surface area (Å²) in [5.74, 6) is -0.170. The Morgan fingerprint density at radius 2 is 1.55 bits per heavy atom. The Morgan fingerprint density at radius 3 is 1.82 bits per heavy atom. The summed E-state index contributed by atoms with van der Waals surface area (Å²) in [6.45, 7) is 13.8. The van der Waals surface area contributed by atoms with Gasteiger partial charge in [0.2, 0.25) is 0 Å². The molecule has 0 N–H and O–H groups in total. The largest absolute Gasteiger partial charge is 0.424 e. The normalized spacial score (nSPS) is 8.55. The Kier molecular flexibility index (Phi) is 3.31. The van der Waals surface area contributed by atoms with Gasteiger partial charge < -0.3 is 4.74 Å². The van der Waals surface area contributed by atoms with E-state index in [0.29, 0.717) is 11.1 Å². The fourth-order valence-electron chi connectivity index (χ4n) is 0.286. The number of rotatable bonds is 3. The fourth-order valence-corrected chi connectivity index (χ4v) is 0.286.